The van der Waals surface area contributed by atoms with Crippen molar-refractivity contribution >= 4 is 17.6 Å². The topological polar surface area (TPSA) is 94.8 Å². The van der Waals surface area contributed by atoms with Crippen LogP contribution in [-0.4, -0.2) is 35.2 Å². The largest absolute Gasteiger partial charge is 0.482 e. The lowest BCUT2D eigenvalue weighted by Crippen LogP contribution is -2.40. The standard InChI is InChI=1S/C21H19N3O5/c1-14-5-4-6-15(11-14)21-23-22-18(29-21)12-28-20(26)9-10-24-16-7-2-3-8-17(16)27-13-19(24)25/h2-8,11H,9-10,12-13H2,1H3. The molecule has 1 aromatic heterocycles. The number of amides is 1. The average molecular weight is 393 g/mol. The second-order valence-electron chi connectivity index (χ2n) is 6.58. The van der Waals surface area contributed by atoms with E-state index in [1.165, 1.54) is 4.90 Å². The van der Waals surface area contributed by atoms with E-state index in [0.717, 1.165) is 11.1 Å². The Morgan fingerprint density at radius 2 is 2.03 bits per heavy atom. The van der Waals surface area contributed by atoms with Crippen LogP contribution in [0.4, 0.5) is 5.69 Å². The minimum atomic E-state index is -0.461. The Hall–Kier alpha value is -3.68. The number of carbonyl (C=O) groups excluding carboxylic acids is 2. The second kappa shape index (κ2) is 8.14. The molecular formula is C21H19N3O5. The molecule has 0 saturated carbocycles. The third kappa shape index (κ3) is 4.26. The first-order valence-corrected chi connectivity index (χ1v) is 9.17. The summed E-state index contributed by atoms with van der Waals surface area (Å²) in [5.41, 5.74) is 2.53. The van der Waals surface area contributed by atoms with Crippen LogP contribution in [0.3, 0.4) is 0 Å². The van der Waals surface area contributed by atoms with Crippen molar-refractivity contribution in [2.45, 2.75) is 20.0 Å². The minimum Gasteiger partial charge on any atom is -0.482 e. The van der Waals surface area contributed by atoms with Crippen molar-refractivity contribution < 1.29 is 23.5 Å². The summed E-state index contributed by atoms with van der Waals surface area (Å²) in [4.78, 5) is 25.8. The molecule has 2 aromatic carbocycles. The molecule has 0 N–H and O–H groups in total. The van der Waals surface area contributed by atoms with Crippen molar-refractivity contribution in [3.63, 3.8) is 0 Å². The number of aromatic nitrogens is 2. The van der Waals surface area contributed by atoms with Gasteiger partial charge in [-0.3, -0.25) is 9.59 Å². The van der Waals surface area contributed by atoms with Gasteiger partial charge in [-0.15, -0.1) is 10.2 Å². The Kier molecular flexibility index (Phi) is 5.24. The summed E-state index contributed by atoms with van der Waals surface area (Å²) in [5.74, 6) is 0.543. The van der Waals surface area contributed by atoms with E-state index in [1.54, 1.807) is 12.1 Å². The first-order valence-electron chi connectivity index (χ1n) is 9.17. The van der Waals surface area contributed by atoms with Crippen LogP contribution < -0.4 is 9.64 Å². The van der Waals surface area contributed by atoms with Crippen LogP contribution in [0.2, 0.25) is 0 Å². The molecule has 8 nitrogen and oxygen atoms in total. The van der Waals surface area contributed by atoms with Gasteiger partial charge in [-0.1, -0.05) is 29.8 Å². The number of hydrogen-bond acceptors (Lipinski definition) is 7. The Morgan fingerprint density at radius 3 is 2.90 bits per heavy atom. The molecule has 3 aromatic rings. The van der Waals surface area contributed by atoms with Crippen LogP contribution >= 0.6 is 0 Å². The zero-order chi connectivity index (χ0) is 20.2. The van der Waals surface area contributed by atoms with E-state index >= 15 is 0 Å². The lowest BCUT2D eigenvalue weighted by molar-refractivity contribution is -0.145. The van der Waals surface area contributed by atoms with Crippen molar-refractivity contribution in [2.24, 2.45) is 0 Å². The number of nitrogens with zero attached hydrogens (tertiary/aromatic N) is 3. The van der Waals surface area contributed by atoms with Gasteiger partial charge in [-0.05, 0) is 31.2 Å². The van der Waals surface area contributed by atoms with E-state index < -0.39 is 5.97 Å². The van der Waals surface area contributed by atoms with Crippen LogP contribution in [0.1, 0.15) is 17.9 Å². The zero-order valence-electron chi connectivity index (χ0n) is 15.8. The van der Waals surface area contributed by atoms with Crippen molar-refractivity contribution in [2.75, 3.05) is 18.1 Å². The van der Waals surface area contributed by atoms with Gasteiger partial charge in [0, 0.05) is 12.1 Å². The number of rotatable bonds is 6. The van der Waals surface area contributed by atoms with Gasteiger partial charge in [-0.2, -0.15) is 0 Å². The predicted octanol–water partition coefficient (Wildman–Crippen LogP) is 2.90. The van der Waals surface area contributed by atoms with Gasteiger partial charge in [0.15, 0.2) is 13.2 Å². The van der Waals surface area contributed by atoms with Gasteiger partial charge in [0.25, 0.3) is 11.8 Å². The third-order valence-electron chi connectivity index (χ3n) is 4.44. The fourth-order valence-corrected chi connectivity index (χ4v) is 3.02. The van der Waals surface area contributed by atoms with Crippen LogP contribution in [0.25, 0.3) is 11.5 Å². The summed E-state index contributed by atoms with van der Waals surface area (Å²) in [6, 6.07) is 14.9. The molecule has 1 aliphatic heterocycles. The van der Waals surface area contributed by atoms with E-state index in [0.29, 0.717) is 17.3 Å². The molecule has 0 saturated heterocycles. The maximum atomic E-state index is 12.1. The lowest BCUT2D eigenvalue weighted by atomic mass is 10.1. The number of anilines is 1. The molecule has 0 aliphatic carbocycles. The maximum Gasteiger partial charge on any atom is 0.308 e. The van der Waals surface area contributed by atoms with Crippen LogP contribution in [0.15, 0.2) is 52.9 Å². The number of ether oxygens (including phenoxy) is 2. The molecule has 2 heterocycles. The Labute approximate surface area is 167 Å². The molecule has 0 unspecified atom stereocenters. The number of carbonyl (C=O) groups is 2. The number of esters is 1. The highest BCUT2D eigenvalue weighted by atomic mass is 16.5. The number of hydrogen-bond donors (Lipinski definition) is 0. The average Bonchev–Trinajstić information content (AvgIpc) is 3.21. The molecule has 4 rings (SSSR count). The molecule has 0 atom stereocenters. The smallest absolute Gasteiger partial charge is 0.308 e. The van der Waals surface area contributed by atoms with Gasteiger partial charge in [0.05, 0.1) is 12.1 Å². The summed E-state index contributed by atoms with van der Waals surface area (Å²) >= 11 is 0. The number of para-hydroxylation sites is 2. The van der Waals surface area contributed by atoms with Crippen LogP contribution in [0, 0.1) is 6.92 Å². The summed E-state index contributed by atoms with van der Waals surface area (Å²) in [6.07, 6.45) is 0.0406. The van der Waals surface area contributed by atoms with E-state index in [9.17, 15) is 9.59 Å². The van der Waals surface area contributed by atoms with Crippen molar-refractivity contribution in [1.29, 1.82) is 0 Å². The Balaban J connectivity index is 1.32. The molecule has 29 heavy (non-hydrogen) atoms. The van der Waals surface area contributed by atoms with Crippen molar-refractivity contribution in [3.05, 3.63) is 60.0 Å². The number of benzene rings is 2. The van der Waals surface area contributed by atoms with Gasteiger partial charge < -0.3 is 18.8 Å². The maximum absolute atomic E-state index is 12.1. The molecular weight excluding hydrogens is 374 g/mol. The molecule has 0 spiro atoms. The molecule has 0 bridgehead atoms. The fourth-order valence-electron chi connectivity index (χ4n) is 3.02. The summed E-state index contributed by atoms with van der Waals surface area (Å²) in [7, 11) is 0. The van der Waals surface area contributed by atoms with E-state index in [1.807, 2.05) is 43.3 Å². The number of aryl methyl sites for hydroxylation is 1. The first-order chi connectivity index (χ1) is 14.1. The van der Waals surface area contributed by atoms with Crippen LogP contribution in [-0.2, 0) is 20.9 Å². The first kappa shape index (κ1) is 18.7. The SMILES string of the molecule is Cc1cccc(-c2nnc(COC(=O)CCN3C(=O)COc4ccccc43)o2)c1. The molecule has 0 radical (unpaired) electrons. The van der Waals surface area contributed by atoms with E-state index in [2.05, 4.69) is 10.2 Å². The predicted molar refractivity (Wildman–Crippen MR) is 103 cm³/mol. The molecule has 0 fully saturated rings. The monoisotopic (exact) mass is 393 g/mol. The second-order valence-corrected chi connectivity index (χ2v) is 6.58. The van der Waals surface area contributed by atoms with Crippen molar-refractivity contribution in [3.8, 4) is 17.2 Å². The van der Waals surface area contributed by atoms with Gasteiger partial charge in [0.1, 0.15) is 5.75 Å². The molecule has 1 amide bonds. The highest BCUT2D eigenvalue weighted by Gasteiger charge is 2.25. The highest BCUT2D eigenvalue weighted by molar-refractivity contribution is 5.98. The zero-order valence-corrected chi connectivity index (χ0v) is 15.8. The lowest BCUT2D eigenvalue weighted by Gasteiger charge is -2.28. The summed E-state index contributed by atoms with van der Waals surface area (Å²) in [6.45, 7) is 2.01. The molecule has 148 valence electrons. The van der Waals surface area contributed by atoms with Gasteiger partial charge >= 0.3 is 5.97 Å². The Morgan fingerprint density at radius 1 is 1.17 bits per heavy atom. The van der Waals surface area contributed by atoms with E-state index in [4.69, 9.17) is 13.9 Å². The van der Waals surface area contributed by atoms with Crippen molar-refractivity contribution in [1.82, 2.24) is 10.2 Å². The molecule has 8 heteroatoms. The highest BCUT2D eigenvalue weighted by Crippen LogP contribution is 2.31. The third-order valence-corrected chi connectivity index (χ3v) is 4.44. The Bertz CT molecular complexity index is 1050. The summed E-state index contributed by atoms with van der Waals surface area (Å²) in [5, 5.41) is 7.90. The number of fused-ring (bicyclic) bond motifs is 1. The van der Waals surface area contributed by atoms with Gasteiger partial charge in [-0.25, -0.2) is 0 Å². The minimum absolute atomic E-state index is 0.0406. The van der Waals surface area contributed by atoms with Gasteiger partial charge in [0.2, 0.25) is 5.89 Å². The summed E-state index contributed by atoms with van der Waals surface area (Å²) < 4.78 is 16.2. The van der Waals surface area contributed by atoms with E-state index in [-0.39, 0.29) is 38.0 Å². The molecule has 1 aliphatic rings. The fraction of sp³-hybridized carbons (Fsp3) is 0.238. The van der Waals surface area contributed by atoms with Crippen LogP contribution in [0.5, 0.6) is 5.75 Å². The normalized spacial score (nSPS) is 13.0. The quantitative estimate of drug-likeness (QED) is 0.594.